The van der Waals surface area contributed by atoms with Gasteiger partial charge in [-0.05, 0) is 20.3 Å². The first-order chi connectivity index (χ1) is 12.0. The maximum absolute atomic E-state index is 11.0. The molecule has 2 heteroatoms. The van der Waals surface area contributed by atoms with Crippen LogP contribution in [-0.2, 0) is 4.79 Å². The molecular weight excluding hydrogens is 308 g/mol. The van der Waals surface area contributed by atoms with Crippen LogP contribution in [0.5, 0.6) is 0 Å². The monoisotopic (exact) mass is 354 g/mol. The first-order valence-corrected chi connectivity index (χ1v) is 11.2. The van der Waals surface area contributed by atoms with Crippen molar-refractivity contribution in [1.82, 2.24) is 0 Å². The van der Waals surface area contributed by atoms with Crippen LogP contribution in [0.3, 0.4) is 0 Å². The molecule has 0 bridgehead atoms. The van der Waals surface area contributed by atoms with Crippen molar-refractivity contribution >= 4 is 5.97 Å². The molecule has 0 rings (SSSR count). The van der Waals surface area contributed by atoms with Gasteiger partial charge in [0.2, 0.25) is 0 Å². The topological polar surface area (TPSA) is 37.3 Å². The van der Waals surface area contributed by atoms with Gasteiger partial charge in [-0.15, -0.1) is 0 Å². The lowest BCUT2D eigenvalue weighted by molar-refractivity contribution is -0.147. The molecule has 0 amide bonds. The predicted molar refractivity (Wildman–Crippen MR) is 110 cm³/mol. The van der Waals surface area contributed by atoms with Gasteiger partial charge in [-0.25, -0.2) is 0 Å². The molecule has 0 aliphatic heterocycles. The standard InChI is InChI=1S/C23H46O2/c1-4-5-6-7-8-9-10-11-12-13-14-15-16-17-18-19-20-21-23(2,3)22(24)25/h4-21H2,1-3H3,(H,24,25). The zero-order valence-corrected chi connectivity index (χ0v) is 17.6. The van der Waals surface area contributed by atoms with Gasteiger partial charge in [-0.2, -0.15) is 0 Å². The van der Waals surface area contributed by atoms with Crippen molar-refractivity contribution in [2.24, 2.45) is 5.41 Å². The Morgan fingerprint density at radius 2 is 0.880 bits per heavy atom. The van der Waals surface area contributed by atoms with Crippen molar-refractivity contribution in [2.45, 2.75) is 136 Å². The smallest absolute Gasteiger partial charge is 0.309 e. The predicted octanol–water partition coefficient (Wildman–Crippen LogP) is 8.14. The van der Waals surface area contributed by atoms with E-state index in [0.717, 1.165) is 12.8 Å². The van der Waals surface area contributed by atoms with Crippen molar-refractivity contribution in [2.75, 3.05) is 0 Å². The van der Waals surface area contributed by atoms with E-state index in [-0.39, 0.29) is 0 Å². The summed E-state index contributed by atoms with van der Waals surface area (Å²) in [7, 11) is 0. The molecule has 0 saturated carbocycles. The van der Waals surface area contributed by atoms with Crippen LogP contribution in [0.2, 0.25) is 0 Å². The molecule has 0 aliphatic carbocycles. The highest BCUT2D eigenvalue weighted by Gasteiger charge is 2.25. The number of carboxylic acid groups (broad SMARTS) is 1. The summed E-state index contributed by atoms with van der Waals surface area (Å²) in [5.74, 6) is -0.663. The van der Waals surface area contributed by atoms with Gasteiger partial charge in [0, 0.05) is 0 Å². The van der Waals surface area contributed by atoms with E-state index >= 15 is 0 Å². The second-order valence-electron chi connectivity index (χ2n) is 8.60. The highest BCUT2D eigenvalue weighted by Crippen LogP contribution is 2.24. The molecule has 0 radical (unpaired) electrons. The lowest BCUT2D eigenvalue weighted by atomic mass is 9.87. The minimum Gasteiger partial charge on any atom is -0.481 e. The minimum atomic E-state index is -0.663. The number of carbonyl (C=O) groups is 1. The van der Waals surface area contributed by atoms with Gasteiger partial charge in [0.05, 0.1) is 5.41 Å². The zero-order chi connectivity index (χ0) is 18.8. The van der Waals surface area contributed by atoms with Crippen molar-refractivity contribution in [3.8, 4) is 0 Å². The molecule has 0 spiro atoms. The Labute approximate surface area is 158 Å². The SMILES string of the molecule is CCCCCCCCCCCCCCCCCCCC(C)(C)C(=O)O. The fourth-order valence-corrected chi connectivity index (χ4v) is 3.40. The van der Waals surface area contributed by atoms with E-state index in [4.69, 9.17) is 5.11 Å². The summed E-state index contributed by atoms with van der Waals surface area (Å²) in [5.41, 5.74) is -0.546. The molecule has 0 heterocycles. The summed E-state index contributed by atoms with van der Waals surface area (Å²) in [6.45, 7) is 5.95. The van der Waals surface area contributed by atoms with Crippen LogP contribution < -0.4 is 0 Å². The molecule has 1 N–H and O–H groups in total. The molecule has 150 valence electrons. The van der Waals surface area contributed by atoms with E-state index < -0.39 is 11.4 Å². The van der Waals surface area contributed by atoms with E-state index in [1.165, 1.54) is 103 Å². The maximum atomic E-state index is 11.0. The molecule has 0 aromatic heterocycles. The molecule has 0 aliphatic rings. The van der Waals surface area contributed by atoms with Crippen molar-refractivity contribution in [3.63, 3.8) is 0 Å². The summed E-state index contributed by atoms with van der Waals surface area (Å²) < 4.78 is 0. The van der Waals surface area contributed by atoms with Gasteiger partial charge < -0.3 is 5.11 Å². The van der Waals surface area contributed by atoms with Crippen LogP contribution in [-0.4, -0.2) is 11.1 Å². The van der Waals surface area contributed by atoms with Crippen LogP contribution in [0.4, 0.5) is 0 Å². The lowest BCUT2D eigenvalue weighted by Crippen LogP contribution is -2.23. The summed E-state index contributed by atoms with van der Waals surface area (Å²) >= 11 is 0. The van der Waals surface area contributed by atoms with E-state index in [1.54, 1.807) is 0 Å². The van der Waals surface area contributed by atoms with E-state index in [9.17, 15) is 4.79 Å². The Morgan fingerprint density at radius 1 is 0.600 bits per heavy atom. The highest BCUT2D eigenvalue weighted by atomic mass is 16.4. The molecule has 0 saturated heterocycles. The Bertz CT molecular complexity index is 296. The molecular formula is C23H46O2. The molecule has 0 aromatic carbocycles. The number of aliphatic carboxylic acids is 1. The van der Waals surface area contributed by atoms with Crippen LogP contribution in [0.25, 0.3) is 0 Å². The summed E-state index contributed by atoms with van der Waals surface area (Å²) in [6, 6.07) is 0. The Morgan fingerprint density at radius 3 is 1.16 bits per heavy atom. The zero-order valence-electron chi connectivity index (χ0n) is 17.6. The highest BCUT2D eigenvalue weighted by molar-refractivity contribution is 5.73. The normalized spacial score (nSPS) is 11.8. The summed E-state index contributed by atoms with van der Waals surface area (Å²) in [6.07, 6.45) is 24.1. The Kier molecular flexibility index (Phi) is 16.6. The van der Waals surface area contributed by atoms with E-state index in [0.29, 0.717) is 0 Å². The molecule has 0 aromatic rings. The third kappa shape index (κ3) is 16.7. The van der Waals surface area contributed by atoms with Gasteiger partial charge in [0.25, 0.3) is 0 Å². The van der Waals surface area contributed by atoms with Crippen LogP contribution in [0, 0.1) is 5.41 Å². The Balaban J connectivity index is 3.13. The summed E-state index contributed by atoms with van der Waals surface area (Å²) in [4.78, 5) is 11.0. The first kappa shape index (κ1) is 24.5. The van der Waals surface area contributed by atoms with E-state index in [2.05, 4.69) is 6.92 Å². The van der Waals surface area contributed by atoms with Crippen LogP contribution in [0.1, 0.15) is 136 Å². The second-order valence-corrected chi connectivity index (χ2v) is 8.60. The van der Waals surface area contributed by atoms with Crippen LogP contribution in [0.15, 0.2) is 0 Å². The maximum Gasteiger partial charge on any atom is 0.309 e. The molecule has 0 unspecified atom stereocenters. The Hall–Kier alpha value is -0.530. The lowest BCUT2D eigenvalue weighted by Gasteiger charge is -2.18. The third-order valence-corrected chi connectivity index (χ3v) is 5.48. The number of unbranched alkanes of at least 4 members (excludes halogenated alkanes) is 16. The van der Waals surface area contributed by atoms with Crippen molar-refractivity contribution < 1.29 is 9.90 Å². The first-order valence-electron chi connectivity index (χ1n) is 11.2. The van der Waals surface area contributed by atoms with Gasteiger partial charge in [0.15, 0.2) is 0 Å². The van der Waals surface area contributed by atoms with Gasteiger partial charge >= 0.3 is 5.97 Å². The van der Waals surface area contributed by atoms with Gasteiger partial charge in [0.1, 0.15) is 0 Å². The minimum absolute atomic E-state index is 0.546. The molecule has 25 heavy (non-hydrogen) atoms. The third-order valence-electron chi connectivity index (χ3n) is 5.48. The molecule has 0 atom stereocenters. The van der Waals surface area contributed by atoms with Crippen molar-refractivity contribution in [1.29, 1.82) is 0 Å². The fourth-order valence-electron chi connectivity index (χ4n) is 3.40. The average Bonchev–Trinajstić information content (AvgIpc) is 2.57. The second kappa shape index (κ2) is 16.9. The van der Waals surface area contributed by atoms with Crippen molar-refractivity contribution in [3.05, 3.63) is 0 Å². The van der Waals surface area contributed by atoms with E-state index in [1.807, 2.05) is 13.8 Å². The molecule has 0 fully saturated rings. The number of rotatable bonds is 19. The number of hydrogen-bond acceptors (Lipinski definition) is 1. The number of hydrogen-bond donors (Lipinski definition) is 1. The van der Waals surface area contributed by atoms with Crippen LogP contribution >= 0.6 is 0 Å². The van der Waals surface area contributed by atoms with Gasteiger partial charge in [-0.3, -0.25) is 4.79 Å². The molecule has 2 nitrogen and oxygen atoms in total. The average molecular weight is 355 g/mol. The van der Waals surface area contributed by atoms with Gasteiger partial charge in [-0.1, -0.05) is 116 Å². The fraction of sp³-hybridized carbons (Fsp3) is 0.957. The number of carboxylic acids is 1. The quantitative estimate of drug-likeness (QED) is 0.238. The largest absolute Gasteiger partial charge is 0.481 e. The summed E-state index contributed by atoms with van der Waals surface area (Å²) in [5, 5.41) is 9.08.